The smallest absolute Gasteiger partial charge is 0.250 e. The normalized spacial score (nSPS) is 10.6. The lowest BCUT2D eigenvalue weighted by Crippen LogP contribution is -2.32. The highest BCUT2D eigenvalue weighted by molar-refractivity contribution is 7.80. The van der Waals surface area contributed by atoms with Crippen molar-refractivity contribution < 1.29 is 4.79 Å². The zero-order valence-corrected chi connectivity index (χ0v) is 14.5. The molecule has 2 N–H and O–H groups in total. The Labute approximate surface area is 146 Å². The summed E-state index contributed by atoms with van der Waals surface area (Å²) in [6, 6.07) is 13.2. The molecule has 0 aliphatic heterocycles. The monoisotopic (exact) mass is 344 g/mol. The van der Waals surface area contributed by atoms with Crippen LogP contribution in [0.15, 0.2) is 48.5 Å². The lowest BCUT2D eigenvalue weighted by molar-refractivity contribution is -0.115. The van der Waals surface area contributed by atoms with E-state index < -0.39 is 0 Å². The molecule has 0 aliphatic carbocycles. The topological polar surface area (TPSA) is 41.1 Å². The number of carbonyl (C=O) groups is 1. The molecule has 0 aliphatic rings. The molecule has 0 fully saturated rings. The van der Waals surface area contributed by atoms with Crippen LogP contribution in [0.1, 0.15) is 16.7 Å². The fourth-order valence-corrected chi connectivity index (χ4v) is 2.33. The van der Waals surface area contributed by atoms with Crippen LogP contribution in [0, 0.1) is 13.8 Å². The maximum Gasteiger partial charge on any atom is 0.250 e. The molecule has 0 atom stereocenters. The Morgan fingerprint density at radius 3 is 2.57 bits per heavy atom. The molecular weight excluding hydrogens is 328 g/mol. The molecule has 0 saturated carbocycles. The second-order valence-corrected chi connectivity index (χ2v) is 5.91. The molecule has 0 aromatic heterocycles. The lowest BCUT2D eigenvalue weighted by atomic mass is 10.1. The third kappa shape index (κ3) is 5.20. The van der Waals surface area contributed by atoms with Crippen molar-refractivity contribution in [3.8, 4) is 0 Å². The molecule has 2 aromatic rings. The summed E-state index contributed by atoms with van der Waals surface area (Å²) in [4.78, 5) is 11.9. The van der Waals surface area contributed by atoms with E-state index in [0.29, 0.717) is 5.02 Å². The first-order chi connectivity index (χ1) is 11.0. The second-order valence-electron chi connectivity index (χ2n) is 5.10. The summed E-state index contributed by atoms with van der Waals surface area (Å²) < 4.78 is 0. The van der Waals surface area contributed by atoms with Gasteiger partial charge in [0.1, 0.15) is 0 Å². The van der Waals surface area contributed by atoms with Crippen molar-refractivity contribution in [2.45, 2.75) is 13.8 Å². The van der Waals surface area contributed by atoms with Gasteiger partial charge >= 0.3 is 0 Å². The Morgan fingerprint density at radius 1 is 1.13 bits per heavy atom. The van der Waals surface area contributed by atoms with Crippen molar-refractivity contribution >= 4 is 46.6 Å². The summed E-state index contributed by atoms with van der Waals surface area (Å²) in [7, 11) is 0. The van der Waals surface area contributed by atoms with Crippen LogP contribution >= 0.6 is 23.8 Å². The van der Waals surface area contributed by atoms with E-state index in [1.807, 2.05) is 50.2 Å². The maximum absolute atomic E-state index is 11.9. The number of anilines is 1. The zero-order valence-electron chi connectivity index (χ0n) is 12.9. The molecule has 0 saturated heterocycles. The van der Waals surface area contributed by atoms with E-state index in [2.05, 4.69) is 10.6 Å². The first-order valence-corrected chi connectivity index (χ1v) is 7.86. The summed E-state index contributed by atoms with van der Waals surface area (Å²) in [5.74, 6) is -0.314. The number of carbonyl (C=O) groups excluding carboxylic acids is 1. The molecule has 23 heavy (non-hydrogen) atoms. The Hall–Kier alpha value is -2.17. The van der Waals surface area contributed by atoms with Crippen LogP contribution in [0.25, 0.3) is 6.08 Å². The Bertz CT molecular complexity index is 771. The van der Waals surface area contributed by atoms with Gasteiger partial charge < -0.3 is 5.32 Å². The SMILES string of the molecule is Cc1ccc(NC(=S)NC(=O)/C=C/c2ccccc2Cl)cc1C. The summed E-state index contributed by atoms with van der Waals surface area (Å²) >= 11 is 11.2. The first-order valence-electron chi connectivity index (χ1n) is 7.07. The summed E-state index contributed by atoms with van der Waals surface area (Å²) in [5, 5.41) is 6.44. The number of amides is 1. The van der Waals surface area contributed by atoms with Crippen molar-refractivity contribution in [1.82, 2.24) is 5.32 Å². The van der Waals surface area contributed by atoms with Crippen LogP contribution in [0.4, 0.5) is 5.69 Å². The molecule has 0 bridgehead atoms. The number of thiocarbonyl (C=S) groups is 1. The van der Waals surface area contributed by atoms with Crippen LogP contribution < -0.4 is 10.6 Å². The number of nitrogens with one attached hydrogen (secondary N) is 2. The maximum atomic E-state index is 11.9. The van der Waals surface area contributed by atoms with Gasteiger partial charge in [-0.1, -0.05) is 35.9 Å². The van der Waals surface area contributed by atoms with Crippen LogP contribution in [-0.2, 0) is 4.79 Å². The Balaban J connectivity index is 1.93. The third-order valence-electron chi connectivity index (χ3n) is 3.32. The van der Waals surface area contributed by atoms with Crippen LogP contribution in [0.3, 0.4) is 0 Å². The standard InChI is InChI=1S/C18H17ClN2OS/c1-12-7-9-15(11-13(12)2)20-18(23)21-17(22)10-8-14-5-3-4-6-16(14)19/h3-11H,1-2H3,(H2,20,21,22,23)/b10-8+. The molecule has 0 spiro atoms. The average Bonchev–Trinajstić information content (AvgIpc) is 2.50. The molecule has 0 radical (unpaired) electrons. The van der Waals surface area contributed by atoms with E-state index >= 15 is 0 Å². The van der Waals surface area contributed by atoms with E-state index in [4.69, 9.17) is 23.8 Å². The molecule has 118 valence electrons. The van der Waals surface area contributed by atoms with E-state index in [-0.39, 0.29) is 11.0 Å². The summed E-state index contributed by atoms with van der Waals surface area (Å²) in [6.45, 7) is 4.06. The molecule has 1 amide bonds. The predicted molar refractivity (Wildman–Crippen MR) is 101 cm³/mol. The number of rotatable bonds is 3. The van der Waals surface area contributed by atoms with E-state index in [1.165, 1.54) is 11.6 Å². The average molecular weight is 345 g/mol. The van der Waals surface area contributed by atoms with Gasteiger partial charge in [-0.3, -0.25) is 10.1 Å². The van der Waals surface area contributed by atoms with Crippen LogP contribution in [-0.4, -0.2) is 11.0 Å². The van der Waals surface area contributed by atoms with Crippen molar-refractivity contribution in [2.75, 3.05) is 5.32 Å². The highest BCUT2D eigenvalue weighted by Crippen LogP contribution is 2.16. The first kappa shape index (κ1) is 17.2. The van der Waals surface area contributed by atoms with Gasteiger partial charge in [-0.15, -0.1) is 0 Å². The Morgan fingerprint density at radius 2 is 1.87 bits per heavy atom. The highest BCUT2D eigenvalue weighted by Gasteiger charge is 2.03. The van der Waals surface area contributed by atoms with E-state index in [9.17, 15) is 4.79 Å². The highest BCUT2D eigenvalue weighted by atomic mass is 35.5. The minimum Gasteiger partial charge on any atom is -0.332 e. The van der Waals surface area contributed by atoms with Crippen molar-refractivity contribution in [2.24, 2.45) is 0 Å². The number of aryl methyl sites for hydroxylation is 2. The zero-order chi connectivity index (χ0) is 16.8. The number of benzene rings is 2. The minimum absolute atomic E-state index is 0.252. The molecule has 2 aromatic carbocycles. The van der Waals surface area contributed by atoms with Gasteiger partial charge in [-0.25, -0.2) is 0 Å². The second kappa shape index (κ2) is 7.90. The summed E-state index contributed by atoms with van der Waals surface area (Å²) in [5.41, 5.74) is 3.97. The largest absolute Gasteiger partial charge is 0.332 e. The molecule has 5 heteroatoms. The molecule has 0 heterocycles. The molecule has 0 unspecified atom stereocenters. The fraction of sp³-hybridized carbons (Fsp3) is 0.111. The third-order valence-corrected chi connectivity index (χ3v) is 3.87. The minimum atomic E-state index is -0.314. The quantitative estimate of drug-likeness (QED) is 0.637. The van der Waals surface area contributed by atoms with E-state index in [1.54, 1.807) is 12.1 Å². The lowest BCUT2D eigenvalue weighted by Gasteiger charge is -2.10. The van der Waals surface area contributed by atoms with Crippen molar-refractivity contribution in [1.29, 1.82) is 0 Å². The van der Waals surface area contributed by atoms with Gasteiger partial charge in [-0.2, -0.15) is 0 Å². The van der Waals surface area contributed by atoms with Gasteiger partial charge in [-0.05, 0) is 67.0 Å². The molecular formula is C18H17ClN2OS. The van der Waals surface area contributed by atoms with E-state index in [0.717, 1.165) is 16.8 Å². The van der Waals surface area contributed by atoms with Gasteiger partial charge in [0.2, 0.25) is 5.91 Å². The number of hydrogen-bond acceptors (Lipinski definition) is 2. The van der Waals surface area contributed by atoms with Crippen LogP contribution in [0.2, 0.25) is 5.02 Å². The van der Waals surface area contributed by atoms with Gasteiger partial charge in [0.25, 0.3) is 0 Å². The number of halogens is 1. The fourth-order valence-electron chi connectivity index (χ4n) is 1.91. The number of hydrogen-bond donors (Lipinski definition) is 2. The predicted octanol–water partition coefficient (Wildman–Crippen LogP) is 4.48. The van der Waals surface area contributed by atoms with Gasteiger partial charge in [0, 0.05) is 16.8 Å². The summed E-state index contributed by atoms with van der Waals surface area (Å²) in [6.07, 6.45) is 3.05. The Kier molecular flexibility index (Phi) is 5.90. The van der Waals surface area contributed by atoms with Crippen LogP contribution in [0.5, 0.6) is 0 Å². The molecule has 3 nitrogen and oxygen atoms in total. The van der Waals surface area contributed by atoms with Gasteiger partial charge in [0.15, 0.2) is 5.11 Å². The molecule has 2 rings (SSSR count). The van der Waals surface area contributed by atoms with Crippen molar-refractivity contribution in [3.63, 3.8) is 0 Å². The van der Waals surface area contributed by atoms with Crippen molar-refractivity contribution in [3.05, 3.63) is 70.3 Å². The van der Waals surface area contributed by atoms with Gasteiger partial charge in [0.05, 0.1) is 0 Å².